The summed E-state index contributed by atoms with van der Waals surface area (Å²) in [7, 11) is 0. The van der Waals surface area contributed by atoms with Gasteiger partial charge in [-0.1, -0.05) is 96.2 Å². The van der Waals surface area contributed by atoms with Crippen molar-refractivity contribution < 1.29 is 14.7 Å². The SMILES string of the molecule is CCON=C(C(=O)O)c1nsc(NC(c2ccccc2)(c2ccccc2)c2ccccc2)n1. The van der Waals surface area contributed by atoms with Crippen LogP contribution in [-0.4, -0.2) is 32.8 Å². The van der Waals surface area contributed by atoms with E-state index in [1.54, 1.807) is 6.92 Å². The number of benzene rings is 3. The molecule has 0 aliphatic carbocycles. The van der Waals surface area contributed by atoms with Gasteiger partial charge in [0.2, 0.25) is 16.7 Å². The molecule has 3 aromatic carbocycles. The number of aliphatic carboxylic acids is 1. The molecule has 2 N–H and O–H groups in total. The second-order valence-electron chi connectivity index (χ2n) is 7.06. The summed E-state index contributed by atoms with van der Waals surface area (Å²) in [6.45, 7) is 1.96. The Balaban J connectivity index is 1.87. The molecule has 4 aromatic rings. The maximum Gasteiger partial charge on any atom is 0.362 e. The van der Waals surface area contributed by atoms with Gasteiger partial charge in [-0.25, -0.2) is 4.79 Å². The monoisotopic (exact) mass is 458 g/mol. The number of nitrogens with one attached hydrogen (secondary N) is 1. The fourth-order valence-corrected chi connectivity index (χ4v) is 4.24. The van der Waals surface area contributed by atoms with E-state index < -0.39 is 11.5 Å². The van der Waals surface area contributed by atoms with E-state index >= 15 is 0 Å². The number of nitrogens with zero attached hydrogens (tertiary/aromatic N) is 3. The van der Waals surface area contributed by atoms with Crippen LogP contribution < -0.4 is 5.32 Å². The summed E-state index contributed by atoms with van der Waals surface area (Å²) in [6, 6.07) is 30.1. The van der Waals surface area contributed by atoms with Crippen molar-refractivity contribution in [3.05, 3.63) is 114 Å². The zero-order valence-corrected chi connectivity index (χ0v) is 18.7. The first kappa shape index (κ1) is 22.2. The normalized spacial score (nSPS) is 11.7. The lowest BCUT2D eigenvalue weighted by Crippen LogP contribution is -2.38. The minimum absolute atomic E-state index is 0.00784. The van der Waals surface area contributed by atoms with Gasteiger partial charge in [-0.15, -0.1) is 0 Å². The second kappa shape index (κ2) is 10.1. The number of aromatic nitrogens is 2. The molecule has 1 aromatic heterocycles. The van der Waals surface area contributed by atoms with E-state index in [1.165, 1.54) is 0 Å². The lowest BCUT2D eigenvalue weighted by atomic mass is 9.77. The Morgan fingerprint density at radius 3 is 1.85 bits per heavy atom. The standard InChI is InChI=1S/C25H22N4O3S/c1-2-32-28-21(23(30)31)22-26-24(33-29-22)27-25(18-12-6-3-7-13-18,19-14-8-4-9-15-19)20-16-10-5-11-17-20/h3-17H,2H2,1H3,(H,30,31)(H,26,27,29). The Morgan fingerprint density at radius 1 is 0.939 bits per heavy atom. The maximum absolute atomic E-state index is 11.7. The predicted octanol–water partition coefficient (Wildman–Crippen LogP) is 4.77. The molecule has 8 heteroatoms. The highest BCUT2D eigenvalue weighted by Gasteiger charge is 2.37. The van der Waals surface area contributed by atoms with Crippen LogP contribution in [0.15, 0.2) is 96.2 Å². The molecule has 0 saturated heterocycles. The maximum atomic E-state index is 11.7. The minimum Gasteiger partial charge on any atom is -0.476 e. The van der Waals surface area contributed by atoms with Crippen molar-refractivity contribution in [2.45, 2.75) is 12.5 Å². The molecule has 0 saturated carbocycles. The highest BCUT2D eigenvalue weighted by molar-refractivity contribution is 7.09. The third-order valence-electron chi connectivity index (χ3n) is 5.04. The molecule has 0 spiro atoms. The lowest BCUT2D eigenvalue weighted by Gasteiger charge is -2.36. The van der Waals surface area contributed by atoms with Crippen molar-refractivity contribution in [1.82, 2.24) is 9.36 Å². The lowest BCUT2D eigenvalue weighted by molar-refractivity contribution is -0.129. The second-order valence-corrected chi connectivity index (χ2v) is 7.81. The third-order valence-corrected chi connectivity index (χ3v) is 5.67. The van der Waals surface area contributed by atoms with Gasteiger partial charge in [0, 0.05) is 11.5 Å². The Bertz CT molecular complexity index is 1130. The number of carboxylic acids is 1. The van der Waals surface area contributed by atoms with Crippen molar-refractivity contribution in [1.29, 1.82) is 0 Å². The first-order valence-electron chi connectivity index (χ1n) is 10.4. The number of carboxylic acid groups (broad SMARTS) is 1. The molecule has 0 atom stereocenters. The van der Waals surface area contributed by atoms with Crippen molar-refractivity contribution in [3.63, 3.8) is 0 Å². The molecule has 166 valence electrons. The molecule has 4 rings (SSSR count). The molecule has 0 radical (unpaired) electrons. The van der Waals surface area contributed by atoms with E-state index in [1.807, 2.05) is 91.0 Å². The van der Waals surface area contributed by atoms with Crippen molar-refractivity contribution in [3.8, 4) is 0 Å². The number of hydrogen-bond acceptors (Lipinski definition) is 7. The summed E-state index contributed by atoms with van der Waals surface area (Å²) in [5.41, 5.74) is 1.87. The number of oxime groups is 1. The van der Waals surface area contributed by atoms with Crippen molar-refractivity contribution in [2.75, 3.05) is 11.9 Å². The van der Waals surface area contributed by atoms with Crippen LogP contribution in [0, 0.1) is 0 Å². The summed E-state index contributed by atoms with van der Waals surface area (Å²) >= 11 is 1.07. The van der Waals surface area contributed by atoms with Gasteiger partial charge in [-0.3, -0.25) is 0 Å². The van der Waals surface area contributed by atoms with Crippen molar-refractivity contribution >= 4 is 28.3 Å². The van der Waals surface area contributed by atoms with E-state index in [4.69, 9.17) is 4.84 Å². The number of carbonyl (C=O) groups is 1. The molecule has 7 nitrogen and oxygen atoms in total. The minimum atomic E-state index is -1.26. The predicted molar refractivity (Wildman–Crippen MR) is 129 cm³/mol. The molecule has 0 aliphatic heterocycles. The van der Waals surface area contributed by atoms with Crippen LogP contribution in [-0.2, 0) is 15.2 Å². The smallest absolute Gasteiger partial charge is 0.362 e. The van der Waals surface area contributed by atoms with Gasteiger partial charge < -0.3 is 15.3 Å². The number of anilines is 1. The average molecular weight is 459 g/mol. The van der Waals surface area contributed by atoms with Crippen LogP contribution >= 0.6 is 11.5 Å². The first-order valence-corrected chi connectivity index (χ1v) is 11.1. The molecule has 0 fully saturated rings. The Hall–Kier alpha value is -4.04. The number of hydrogen-bond donors (Lipinski definition) is 2. The van der Waals surface area contributed by atoms with Gasteiger partial charge >= 0.3 is 5.97 Å². The van der Waals surface area contributed by atoms with E-state index in [9.17, 15) is 9.90 Å². The molecule has 0 bridgehead atoms. The van der Waals surface area contributed by atoms with Crippen LogP contribution in [0.25, 0.3) is 0 Å². The summed E-state index contributed by atoms with van der Waals surface area (Å²) in [6.07, 6.45) is 0. The van der Waals surface area contributed by atoms with Crippen LogP contribution in [0.3, 0.4) is 0 Å². The van der Waals surface area contributed by atoms with E-state index in [0.717, 1.165) is 28.2 Å². The van der Waals surface area contributed by atoms with Crippen molar-refractivity contribution in [2.24, 2.45) is 5.16 Å². The zero-order chi connectivity index (χ0) is 23.1. The highest BCUT2D eigenvalue weighted by atomic mass is 32.1. The fraction of sp³-hybridized carbons (Fsp3) is 0.120. The largest absolute Gasteiger partial charge is 0.476 e. The first-order chi connectivity index (χ1) is 16.1. The summed E-state index contributed by atoms with van der Waals surface area (Å²) < 4.78 is 4.23. The highest BCUT2D eigenvalue weighted by Crippen LogP contribution is 2.40. The van der Waals surface area contributed by atoms with E-state index in [-0.39, 0.29) is 18.1 Å². The molecule has 0 unspecified atom stereocenters. The van der Waals surface area contributed by atoms with Crippen LogP contribution in [0.2, 0.25) is 0 Å². The summed E-state index contributed by atoms with van der Waals surface area (Å²) in [5.74, 6) is -1.26. The van der Waals surface area contributed by atoms with Gasteiger partial charge in [-0.05, 0) is 23.6 Å². The third kappa shape index (κ3) is 4.61. The molecule has 1 heterocycles. The topological polar surface area (TPSA) is 96.7 Å². The Kier molecular flexibility index (Phi) is 6.75. The Labute approximate surface area is 195 Å². The quantitative estimate of drug-likeness (QED) is 0.213. The van der Waals surface area contributed by atoms with Crippen LogP contribution in [0.1, 0.15) is 29.4 Å². The molecule has 0 amide bonds. The fourth-order valence-electron chi connectivity index (χ4n) is 3.62. The van der Waals surface area contributed by atoms with E-state index in [0.29, 0.717) is 5.13 Å². The zero-order valence-electron chi connectivity index (χ0n) is 17.9. The molecule has 0 aliphatic rings. The van der Waals surface area contributed by atoms with Gasteiger partial charge in [0.15, 0.2) is 0 Å². The molecular formula is C25H22N4O3S. The Morgan fingerprint density at radius 2 is 1.42 bits per heavy atom. The van der Waals surface area contributed by atoms with E-state index in [2.05, 4.69) is 19.8 Å². The average Bonchev–Trinajstić information content (AvgIpc) is 3.32. The summed E-state index contributed by atoms with van der Waals surface area (Å²) in [5, 5.41) is 17.2. The van der Waals surface area contributed by atoms with Gasteiger partial charge in [0.25, 0.3) is 0 Å². The number of rotatable bonds is 9. The van der Waals surface area contributed by atoms with Gasteiger partial charge in [0.05, 0.1) is 0 Å². The molecular weight excluding hydrogens is 436 g/mol. The summed E-state index contributed by atoms with van der Waals surface area (Å²) in [4.78, 5) is 21.0. The van der Waals surface area contributed by atoms with Crippen LogP contribution in [0.4, 0.5) is 5.13 Å². The van der Waals surface area contributed by atoms with Crippen LogP contribution in [0.5, 0.6) is 0 Å². The van der Waals surface area contributed by atoms with Gasteiger partial charge in [0.1, 0.15) is 12.1 Å². The van der Waals surface area contributed by atoms with Gasteiger partial charge in [-0.2, -0.15) is 9.36 Å². The molecule has 33 heavy (non-hydrogen) atoms.